The van der Waals surface area contributed by atoms with E-state index in [9.17, 15) is 14.4 Å². The molecule has 0 saturated heterocycles. The van der Waals surface area contributed by atoms with Crippen LogP contribution in [0.4, 0.5) is 5.69 Å². The van der Waals surface area contributed by atoms with Crippen molar-refractivity contribution in [3.8, 4) is 28.4 Å². The number of aryl methyl sites for hydroxylation is 1. The van der Waals surface area contributed by atoms with Gasteiger partial charge in [0, 0.05) is 19.0 Å². The molecule has 0 unspecified atom stereocenters. The third kappa shape index (κ3) is 6.03. The Labute approximate surface area is 233 Å². The van der Waals surface area contributed by atoms with E-state index in [1.165, 1.54) is 20.1 Å². The Morgan fingerprint density at radius 2 is 1.70 bits per heavy atom. The number of nitrogens with one attached hydrogen (secondary N) is 3. The number of methoxy groups -OCH3 is 3. The summed E-state index contributed by atoms with van der Waals surface area (Å²) < 4.78 is 17.0. The van der Waals surface area contributed by atoms with Gasteiger partial charge in [-0.25, -0.2) is 0 Å². The summed E-state index contributed by atoms with van der Waals surface area (Å²) in [6, 6.07) is 15.4. The molecule has 4 rings (SSSR count). The van der Waals surface area contributed by atoms with Gasteiger partial charge >= 0.3 is 0 Å². The molecular formula is C31H35N3O6. The number of fused-ring (bicyclic) bond motifs is 3. The number of amides is 2. The second-order valence-corrected chi connectivity index (χ2v) is 9.67. The zero-order valence-electron chi connectivity index (χ0n) is 23.4. The van der Waals surface area contributed by atoms with Crippen molar-refractivity contribution in [1.29, 1.82) is 0 Å². The molecule has 9 nitrogen and oxygen atoms in total. The number of anilines is 1. The van der Waals surface area contributed by atoms with Gasteiger partial charge in [0.05, 0.1) is 33.1 Å². The van der Waals surface area contributed by atoms with E-state index in [1.807, 2.05) is 42.5 Å². The molecular weight excluding hydrogens is 510 g/mol. The molecule has 0 aliphatic heterocycles. The van der Waals surface area contributed by atoms with E-state index >= 15 is 0 Å². The van der Waals surface area contributed by atoms with Gasteiger partial charge in [-0.15, -0.1) is 0 Å². The van der Waals surface area contributed by atoms with E-state index in [4.69, 9.17) is 14.2 Å². The first-order valence-corrected chi connectivity index (χ1v) is 13.1. The monoisotopic (exact) mass is 545 g/mol. The zero-order chi connectivity index (χ0) is 28.8. The van der Waals surface area contributed by atoms with Crippen molar-refractivity contribution < 1.29 is 23.8 Å². The highest BCUT2D eigenvalue weighted by molar-refractivity contribution is 5.85. The molecule has 1 aliphatic rings. The Hall–Kier alpha value is -4.53. The molecule has 0 heterocycles. The maximum absolute atomic E-state index is 13.5. The fourth-order valence-corrected chi connectivity index (χ4v) is 5.06. The van der Waals surface area contributed by atoms with Crippen molar-refractivity contribution in [2.75, 3.05) is 26.6 Å². The normalized spacial score (nSPS) is 14.5. The molecule has 210 valence electrons. The first kappa shape index (κ1) is 28.5. The highest BCUT2D eigenvalue weighted by Crippen LogP contribution is 2.50. The molecule has 9 heteroatoms. The quantitative estimate of drug-likeness (QED) is 0.373. The predicted molar refractivity (Wildman–Crippen MR) is 154 cm³/mol. The minimum atomic E-state index is -0.670. The third-order valence-electron chi connectivity index (χ3n) is 6.99. The van der Waals surface area contributed by atoms with Crippen LogP contribution in [0.5, 0.6) is 17.2 Å². The van der Waals surface area contributed by atoms with Crippen LogP contribution in [0.15, 0.2) is 59.4 Å². The molecule has 0 spiro atoms. The van der Waals surface area contributed by atoms with Gasteiger partial charge in [-0.3, -0.25) is 14.4 Å². The lowest BCUT2D eigenvalue weighted by molar-refractivity contribution is -0.122. The van der Waals surface area contributed by atoms with Crippen molar-refractivity contribution in [2.24, 2.45) is 0 Å². The number of hydrogen-bond acceptors (Lipinski definition) is 7. The van der Waals surface area contributed by atoms with Crippen molar-refractivity contribution in [3.05, 3.63) is 81.5 Å². The molecule has 0 saturated carbocycles. The average Bonchev–Trinajstić information content (AvgIpc) is 3.19. The minimum Gasteiger partial charge on any atom is -0.493 e. The van der Waals surface area contributed by atoms with Crippen molar-refractivity contribution in [3.63, 3.8) is 0 Å². The van der Waals surface area contributed by atoms with Crippen LogP contribution in [0.1, 0.15) is 43.0 Å². The van der Waals surface area contributed by atoms with Gasteiger partial charge in [-0.05, 0) is 60.2 Å². The lowest BCUT2D eigenvalue weighted by Gasteiger charge is -2.19. The van der Waals surface area contributed by atoms with Crippen LogP contribution in [-0.2, 0) is 22.6 Å². The summed E-state index contributed by atoms with van der Waals surface area (Å²) in [7, 11) is 4.66. The SMILES string of the molecule is COc1cc2c(c(OC)c1OC)-c1ccc(N[C@H](C)C(=O)NCc3ccccc3)c(=O)cc1[C@H](NC(C)=O)CC2. The summed E-state index contributed by atoms with van der Waals surface area (Å²) >= 11 is 0. The van der Waals surface area contributed by atoms with Crippen LogP contribution in [0.2, 0.25) is 0 Å². The van der Waals surface area contributed by atoms with E-state index in [0.29, 0.717) is 42.2 Å². The second kappa shape index (κ2) is 12.5. The molecule has 0 aromatic heterocycles. The third-order valence-corrected chi connectivity index (χ3v) is 6.99. The van der Waals surface area contributed by atoms with Gasteiger partial charge in [-0.2, -0.15) is 0 Å². The number of benzene rings is 2. The lowest BCUT2D eigenvalue weighted by Crippen LogP contribution is -2.38. The lowest BCUT2D eigenvalue weighted by atomic mass is 9.95. The number of hydrogen-bond donors (Lipinski definition) is 3. The molecule has 2 atom stereocenters. The van der Waals surface area contributed by atoms with Crippen LogP contribution in [0.3, 0.4) is 0 Å². The van der Waals surface area contributed by atoms with Gasteiger partial charge in [0.15, 0.2) is 11.5 Å². The van der Waals surface area contributed by atoms with E-state index in [-0.39, 0.29) is 22.9 Å². The fourth-order valence-electron chi connectivity index (χ4n) is 5.06. The summed E-state index contributed by atoms with van der Waals surface area (Å²) in [6.45, 7) is 3.54. The predicted octanol–water partition coefficient (Wildman–Crippen LogP) is 3.98. The van der Waals surface area contributed by atoms with Crippen molar-refractivity contribution >= 4 is 17.5 Å². The highest BCUT2D eigenvalue weighted by atomic mass is 16.5. The molecule has 40 heavy (non-hydrogen) atoms. The van der Waals surface area contributed by atoms with Gasteiger partial charge < -0.3 is 30.2 Å². The highest BCUT2D eigenvalue weighted by Gasteiger charge is 2.29. The average molecular weight is 546 g/mol. The molecule has 3 aromatic carbocycles. The van der Waals surface area contributed by atoms with Crippen molar-refractivity contribution in [1.82, 2.24) is 10.6 Å². The number of carbonyl (C=O) groups is 2. The molecule has 0 fully saturated rings. The zero-order valence-corrected chi connectivity index (χ0v) is 23.4. The standard InChI is InChI=1S/C31H35N3O6/c1-18(31(37)32-17-20-9-7-6-8-10-20)33-25-14-12-22-23(16-26(25)36)24(34-19(2)35)13-11-21-15-27(38-3)29(39-4)30(40-5)28(21)22/h6-10,12,14-16,18,24H,11,13,17H2,1-5H3,(H,32,37)(H,33,36)(H,34,35)/t18-,24-/m1/s1. The summed E-state index contributed by atoms with van der Waals surface area (Å²) in [5.41, 5.74) is 4.00. The summed E-state index contributed by atoms with van der Waals surface area (Å²) in [6.07, 6.45) is 1.16. The molecule has 0 bridgehead atoms. The Kier molecular flexibility index (Phi) is 8.93. The van der Waals surface area contributed by atoms with Gasteiger partial charge in [-0.1, -0.05) is 36.4 Å². The van der Waals surface area contributed by atoms with E-state index in [1.54, 1.807) is 27.2 Å². The van der Waals surface area contributed by atoms with Gasteiger partial charge in [0.2, 0.25) is 23.0 Å². The Bertz CT molecular complexity index is 1460. The molecule has 1 aliphatic carbocycles. The fraction of sp³-hybridized carbons (Fsp3) is 0.323. The van der Waals surface area contributed by atoms with E-state index < -0.39 is 12.1 Å². The molecule has 0 radical (unpaired) electrons. The van der Waals surface area contributed by atoms with Crippen LogP contribution in [0.25, 0.3) is 11.1 Å². The smallest absolute Gasteiger partial charge is 0.242 e. The minimum absolute atomic E-state index is 0.204. The van der Waals surface area contributed by atoms with E-state index in [2.05, 4.69) is 16.0 Å². The summed E-state index contributed by atoms with van der Waals surface area (Å²) in [4.78, 5) is 38.4. The number of ether oxygens (including phenoxy) is 3. The summed E-state index contributed by atoms with van der Waals surface area (Å²) in [5.74, 6) is 0.994. The number of rotatable bonds is 9. The molecule has 3 aromatic rings. The van der Waals surface area contributed by atoms with Crippen LogP contribution < -0.4 is 35.6 Å². The van der Waals surface area contributed by atoms with Crippen LogP contribution >= 0.6 is 0 Å². The molecule has 2 amide bonds. The second-order valence-electron chi connectivity index (χ2n) is 9.67. The first-order valence-electron chi connectivity index (χ1n) is 13.1. The molecule has 3 N–H and O–H groups in total. The first-order chi connectivity index (χ1) is 19.3. The Balaban J connectivity index is 1.76. The Morgan fingerprint density at radius 1 is 0.975 bits per heavy atom. The van der Waals surface area contributed by atoms with Gasteiger partial charge in [0.1, 0.15) is 6.04 Å². The maximum Gasteiger partial charge on any atom is 0.242 e. The van der Waals surface area contributed by atoms with Gasteiger partial charge in [0.25, 0.3) is 0 Å². The summed E-state index contributed by atoms with van der Waals surface area (Å²) in [5, 5.41) is 8.96. The number of carbonyl (C=O) groups excluding carboxylic acids is 2. The maximum atomic E-state index is 13.5. The van der Waals surface area contributed by atoms with Crippen LogP contribution in [-0.4, -0.2) is 39.2 Å². The van der Waals surface area contributed by atoms with Crippen molar-refractivity contribution in [2.45, 2.75) is 45.3 Å². The topological polar surface area (TPSA) is 115 Å². The van der Waals surface area contributed by atoms with Crippen LogP contribution in [0, 0.1) is 0 Å². The van der Waals surface area contributed by atoms with E-state index in [0.717, 1.165) is 22.3 Å². The largest absolute Gasteiger partial charge is 0.493 e. The Morgan fingerprint density at radius 3 is 2.35 bits per heavy atom.